The predicted octanol–water partition coefficient (Wildman–Crippen LogP) is 3.78. The van der Waals surface area contributed by atoms with E-state index in [0.717, 1.165) is 5.56 Å². The van der Waals surface area contributed by atoms with E-state index in [-0.39, 0.29) is 22.1 Å². The van der Waals surface area contributed by atoms with Crippen molar-refractivity contribution in [2.45, 2.75) is 22.6 Å². The summed E-state index contributed by atoms with van der Waals surface area (Å²) in [5, 5.41) is 11.1. The number of hydrogen-bond donors (Lipinski definition) is 3. The van der Waals surface area contributed by atoms with Crippen molar-refractivity contribution in [3.8, 4) is 17.1 Å². The number of imidazole rings is 1. The van der Waals surface area contributed by atoms with Crippen molar-refractivity contribution in [3.05, 3.63) is 108 Å². The zero-order valence-electron chi connectivity index (χ0n) is 19.6. The highest BCUT2D eigenvalue weighted by Gasteiger charge is 2.19. The molecule has 38 heavy (non-hydrogen) atoms. The minimum Gasteiger partial charge on any atom is -0.493 e. The predicted molar refractivity (Wildman–Crippen MR) is 138 cm³/mol. The smallest absolute Gasteiger partial charge is 0.294 e. The Labute approximate surface area is 218 Å². The Bertz CT molecular complexity index is 1850. The Kier molecular flexibility index (Phi) is 6.49. The molecule has 0 unspecified atom stereocenters. The van der Waals surface area contributed by atoms with Crippen molar-refractivity contribution in [3.63, 3.8) is 0 Å². The number of benzene rings is 3. The van der Waals surface area contributed by atoms with Gasteiger partial charge < -0.3 is 5.11 Å². The first-order valence-electron chi connectivity index (χ1n) is 11.3. The number of hydrogen-bond acceptors (Lipinski definition) is 7. The van der Waals surface area contributed by atoms with Crippen molar-refractivity contribution >= 4 is 25.9 Å². The van der Waals surface area contributed by atoms with Gasteiger partial charge in [0.05, 0.1) is 21.2 Å². The van der Waals surface area contributed by atoms with Gasteiger partial charge in [-0.3, -0.25) is 13.5 Å². The summed E-state index contributed by atoms with van der Waals surface area (Å²) in [5.41, 5.74) is 3.95. The Hall–Kier alpha value is -4.10. The second-order valence-corrected chi connectivity index (χ2v) is 11.4. The van der Waals surface area contributed by atoms with Crippen molar-refractivity contribution < 1.29 is 31.0 Å². The first kappa shape index (κ1) is 25.5. The van der Waals surface area contributed by atoms with Gasteiger partial charge in [-0.05, 0) is 35.4 Å². The van der Waals surface area contributed by atoms with Crippen LogP contribution in [0.1, 0.15) is 22.5 Å². The molecule has 3 aromatic carbocycles. The summed E-state index contributed by atoms with van der Waals surface area (Å²) in [6.07, 6.45) is 2.17. The molecule has 0 amide bonds. The van der Waals surface area contributed by atoms with Crippen LogP contribution in [0.5, 0.6) is 5.88 Å². The van der Waals surface area contributed by atoms with E-state index in [9.17, 15) is 31.0 Å². The fourth-order valence-corrected chi connectivity index (χ4v) is 5.04. The highest BCUT2D eigenvalue weighted by Crippen LogP contribution is 2.29. The molecule has 2 heterocycles. The second kappa shape index (κ2) is 9.65. The average Bonchev–Trinajstić information content (AvgIpc) is 3.19. The first-order valence-corrected chi connectivity index (χ1v) is 14.1. The van der Waals surface area contributed by atoms with Crippen LogP contribution in [0.25, 0.3) is 16.9 Å². The molecule has 5 aromatic rings. The van der Waals surface area contributed by atoms with Crippen molar-refractivity contribution in [1.29, 1.82) is 0 Å². The number of aromatic hydroxyl groups is 1. The molecule has 10 nitrogen and oxygen atoms in total. The summed E-state index contributed by atoms with van der Waals surface area (Å²) < 4.78 is 65.5. The molecule has 12 heteroatoms. The van der Waals surface area contributed by atoms with Gasteiger partial charge in [0.25, 0.3) is 20.2 Å². The van der Waals surface area contributed by atoms with Crippen LogP contribution in [0.2, 0.25) is 0 Å². The summed E-state index contributed by atoms with van der Waals surface area (Å²) in [7, 11) is -8.68. The van der Waals surface area contributed by atoms with Crippen LogP contribution in [0, 0.1) is 0 Å². The van der Waals surface area contributed by atoms with Crippen LogP contribution in [0.15, 0.2) is 94.9 Å². The molecule has 5 rings (SSSR count). The third-order valence-corrected chi connectivity index (χ3v) is 7.71. The lowest BCUT2D eigenvalue weighted by atomic mass is 10.1. The lowest BCUT2D eigenvalue weighted by molar-refractivity contribution is 0.442. The summed E-state index contributed by atoms with van der Waals surface area (Å²) in [6, 6.07) is 20.7. The molecule has 0 aliphatic heterocycles. The first-order chi connectivity index (χ1) is 18.0. The maximum Gasteiger partial charge on any atom is 0.294 e. The topological polar surface area (TPSA) is 159 Å². The maximum absolute atomic E-state index is 11.4. The Morgan fingerprint density at radius 1 is 0.658 bits per heavy atom. The van der Waals surface area contributed by atoms with E-state index in [1.54, 1.807) is 6.20 Å². The summed E-state index contributed by atoms with van der Waals surface area (Å²) >= 11 is 0. The quantitative estimate of drug-likeness (QED) is 0.256. The molecule has 194 valence electrons. The SMILES string of the molecule is O=S(=O)(O)c1ccc(Cc2nc3c(Cc4ccccc4)nc(-c4ccc(S(=O)(=O)O)cc4)cn3c2O)cc1. The monoisotopic (exact) mass is 551 g/mol. The summed E-state index contributed by atoms with van der Waals surface area (Å²) in [4.78, 5) is 8.90. The molecule has 2 aromatic heterocycles. The van der Waals surface area contributed by atoms with Crippen LogP contribution in [0.3, 0.4) is 0 Å². The van der Waals surface area contributed by atoms with Gasteiger partial charge in [-0.2, -0.15) is 16.8 Å². The fraction of sp³-hybridized carbons (Fsp3) is 0.0769. The third-order valence-electron chi connectivity index (χ3n) is 5.98. The molecular weight excluding hydrogens is 530 g/mol. The molecule has 0 spiro atoms. The van der Waals surface area contributed by atoms with E-state index in [0.29, 0.717) is 40.3 Å². The van der Waals surface area contributed by atoms with E-state index in [4.69, 9.17) is 4.98 Å². The maximum atomic E-state index is 11.4. The summed E-state index contributed by atoms with van der Waals surface area (Å²) in [5.74, 6) is -0.133. The number of aromatic nitrogens is 3. The Balaban J connectivity index is 1.59. The lowest BCUT2D eigenvalue weighted by Gasteiger charge is -2.09. The standard InChI is InChI=1S/C26H21N3O7S2/c30-26-23(15-18-6-10-20(11-7-18)37(31,32)33)28-25-22(14-17-4-2-1-3-5-17)27-24(16-29(25)26)19-8-12-21(13-9-19)38(34,35)36/h1-13,16,30H,14-15H2,(H,31,32,33)(H,34,35,36). The average molecular weight is 552 g/mol. The largest absolute Gasteiger partial charge is 0.493 e. The van der Waals surface area contributed by atoms with Gasteiger partial charge in [0, 0.05) is 24.6 Å². The van der Waals surface area contributed by atoms with Crippen LogP contribution < -0.4 is 0 Å². The number of nitrogens with zero attached hydrogens (tertiary/aromatic N) is 3. The molecule has 0 saturated heterocycles. The second-order valence-electron chi connectivity index (χ2n) is 8.61. The van der Waals surface area contributed by atoms with E-state index < -0.39 is 20.2 Å². The van der Waals surface area contributed by atoms with E-state index >= 15 is 0 Å². The molecule has 0 fully saturated rings. The molecule has 0 aliphatic rings. The van der Waals surface area contributed by atoms with E-state index in [2.05, 4.69) is 4.98 Å². The van der Waals surface area contributed by atoms with Crippen molar-refractivity contribution in [1.82, 2.24) is 14.4 Å². The molecular formula is C26H21N3O7S2. The van der Waals surface area contributed by atoms with Crippen molar-refractivity contribution in [2.75, 3.05) is 0 Å². The third kappa shape index (κ3) is 5.29. The Morgan fingerprint density at radius 2 is 1.18 bits per heavy atom. The zero-order chi connectivity index (χ0) is 27.1. The van der Waals surface area contributed by atoms with Gasteiger partial charge in [-0.1, -0.05) is 54.6 Å². The molecule has 0 saturated carbocycles. The van der Waals surface area contributed by atoms with Crippen LogP contribution in [0.4, 0.5) is 0 Å². The number of rotatable bonds is 7. The highest BCUT2D eigenvalue weighted by molar-refractivity contribution is 7.86. The zero-order valence-corrected chi connectivity index (χ0v) is 21.3. The number of fused-ring (bicyclic) bond motifs is 1. The molecule has 3 N–H and O–H groups in total. The molecule has 0 atom stereocenters. The highest BCUT2D eigenvalue weighted by atomic mass is 32.2. The summed E-state index contributed by atoms with van der Waals surface area (Å²) in [6.45, 7) is 0. The van der Waals surface area contributed by atoms with Gasteiger partial charge in [0.2, 0.25) is 5.88 Å². The van der Waals surface area contributed by atoms with Gasteiger partial charge in [-0.15, -0.1) is 0 Å². The lowest BCUT2D eigenvalue weighted by Crippen LogP contribution is -2.01. The van der Waals surface area contributed by atoms with Crippen LogP contribution in [-0.4, -0.2) is 45.4 Å². The fourth-order valence-electron chi connectivity index (χ4n) is 4.08. The van der Waals surface area contributed by atoms with E-state index in [1.807, 2.05) is 30.3 Å². The van der Waals surface area contributed by atoms with Crippen molar-refractivity contribution in [2.24, 2.45) is 0 Å². The van der Waals surface area contributed by atoms with Gasteiger partial charge >= 0.3 is 0 Å². The molecule has 0 aliphatic carbocycles. The molecule has 0 radical (unpaired) electrons. The van der Waals surface area contributed by atoms with Gasteiger partial charge in [0.15, 0.2) is 5.65 Å². The van der Waals surface area contributed by atoms with E-state index in [1.165, 1.54) is 52.9 Å². The normalized spacial score (nSPS) is 12.2. The molecule has 0 bridgehead atoms. The van der Waals surface area contributed by atoms with Gasteiger partial charge in [-0.25, -0.2) is 9.97 Å². The van der Waals surface area contributed by atoms with Crippen LogP contribution >= 0.6 is 0 Å². The minimum atomic E-state index is -4.35. The van der Waals surface area contributed by atoms with Gasteiger partial charge in [0.1, 0.15) is 5.69 Å². The Morgan fingerprint density at radius 3 is 1.76 bits per heavy atom. The minimum absolute atomic E-state index is 0.133. The van der Waals surface area contributed by atoms with Crippen LogP contribution in [-0.2, 0) is 33.1 Å².